The molecule has 1 amide bonds. The van der Waals surface area contributed by atoms with E-state index in [9.17, 15) is 4.79 Å². The molecule has 0 saturated heterocycles. The van der Waals surface area contributed by atoms with Crippen molar-refractivity contribution in [2.24, 2.45) is 0 Å². The number of nitrogens with zero attached hydrogens (tertiary/aromatic N) is 4. The summed E-state index contributed by atoms with van der Waals surface area (Å²) in [6.45, 7) is 4.02. The second kappa shape index (κ2) is 7.94. The molecule has 7 heteroatoms. The van der Waals surface area contributed by atoms with Crippen LogP contribution in [-0.4, -0.2) is 31.9 Å². The number of anilines is 1. The molecule has 0 radical (unpaired) electrons. The van der Waals surface area contributed by atoms with E-state index in [2.05, 4.69) is 20.8 Å². The lowest BCUT2D eigenvalue weighted by Gasteiger charge is -2.06. The fourth-order valence-electron chi connectivity index (χ4n) is 2.37. The van der Waals surface area contributed by atoms with Crippen LogP contribution >= 0.6 is 11.8 Å². The normalized spacial score (nSPS) is 10.6. The number of hydrogen-bond donors (Lipinski definition) is 1. The van der Waals surface area contributed by atoms with E-state index in [-0.39, 0.29) is 5.91 Å². The van der Waals surface area contributed by atoms with Crippen LogP contribution < -0.4 is 5.32 Å². The number of aryl methyl sites for hydroxylation is 2. The fourth-order valence-corrected chi connectivity index (χ4v) is 3.20. The maximum Gasteiger partial charge on any atom is 0.225 e. The van der Waals surface area contributed by atoms with Crippen LogP contribution in [0.15, 0.2) is 53.7 Å². The number of hydrogen-bond acceptors (Lipinski definition) is 5. The number of rotatable bonds is 6. The summed E-state index contributed by atoms with van der Waals surface area (Å²) in [6.07, 6.45) is 0.388. The Morgan fingerprint density at radius 2 is 1.88 bits per heavy atom. The van der Waals surface area contributed by atoms with E-state index < -0.39 is 0 Å². The molecule has 128 valence electrons. The van der Waals surface area contributed by atoms with Crippen molar-refractivity contribution in [3.05, 3.63) is 59.7 Å². The van der Waals surface area contributed by atoms with Gasteiger partial charge in [-0.1, -0.05) is 36.0 Å². The third-order valence-corrected chi connectivity index (χ3v) is 4.47. The topological polar surface area (TPSA) is 72.7 Å². The Balaban J connectivity index is 1.56. The molecule has 6 nitrogen and oxygen atoms in total. The summed E-state index contributed by atoms with van der Waals surface area (Å²) in [5.41, 5.74) is 3.99. The van der Waals surface area contributed by atoms with Crippen molar-refractivity contribution in [3.63, 3.8) is 0 Å². The number of carbonyl (C=O) groups excluding carboxylic acids is 1. The summed E-state index contributed by atoms with van der Waals surface area (Å²) in [7, 11) is 0. The van der Waals surface area contributed by atoms with Crippen molar-refractivity contribution in [3.8, 4) is 5.69 Å². The van der Waals surface area contributed by atoms with Gasteiger partial charge < -0.3 is 5.32 Å². The van der Waals surface area contributed by atoms with E-state index >= 15 is 0 Å². The van der Waals surface area contributed by atoms with Crippen LogP contribution in [-0.2, 0) is 4.79 Å². The van der Waals surface area contributed by atoms with Crippen LogP contribution in [0.4, 0.5) is 5.69 Å². The maximum absolute atomic E-state index is 12.1. The van der Waals surface area contributed by atoms with Gasteiger partial charge in [0, 0.05) is 17.9 Å². The molecule has 0 aliphatic rings. The van der Waals surface area contributed by atoms with E-state index in [1.54, 1.807) is 4.68 Å². The average molecular weight is 353 g/mol. The van der Waals surface area contributed by atoms with Crippen molar-refractivity contribution in [2.45, 2.75) is 25.4 Å². The molecule has 3 aromatic rings. The van der Waals surface area contributed by atoms with Crippen molar-refractivity contribution >= 4 is 23.4 Å². The standard InChI is InChI=1S/C18H19N5OS/c1-13-5-3-7-15(11-13)19-17(24)9-10-25-18-20-21-22-23(18)16-8-4-6-14(2)12-16/h3-8,11-12H,9-10H2,1-2H3,(H,19,24). The first-order valence-electron chi connectivity index (χ1n) is 7.96. The lowest BCUT2D eigenvalue weighted by atomic mass is 10.2. The first-order valence-corrected chi connectivity index (χ1v) is 8.95. The van der Waals surface area contributed by atoms with Gasteiger partial charge >= 0.3 is 0 Å². The summed E-state index contributed by atoms with van der Waals surface area (Å²) < 4.78 is 1.69. The van der Waals surface area contributed by atoms with Crippen LogP contribution in [0.2, 0.25) is 0 Å². The number of benzene rings is 2. The molecule has 0 fully saturated rings. The van der Waals surface area contributed by atoms with Gasteiger partial charge in [-0.3, -0.25) is 4.79 Å². The number of thioether (sulfide) groups is 1. The SMILES string of the molecule is Cc1cccc(NC(=O)CCSc2nnnn2-c2cccc(C)c2)c1. The number of carbonyl (C=O) groups is 1. The van der Waals surface area contributed by atoms with Gasteiger partial charge in [-0.15, -0.1) is 5.10 Å². The molecule has 3 rings (SSSR count). The predicted molar refractivity (Wildman–Crippen MR) is 99.0 cm³/mol. The number of amides is 1. The molecule has 1 aromatic heterocycles. The summed E-state index contributed by atoms with van der Waals surface area (Å²) in [4.78, 5) is 12.1. The third-order valence-electron chi connectivity index (χ3n) is 3.55. The van der Waals surface area contributed by atoms with Crippen molar-refractivity contribution in [2.75, 3.05) is 11.1 Å². The maximum atomic E-state index is 12.1. The second-order valence-electron chi connectivity index (χ2n) is 5.73. The summed E-state index contributed by atoms with van der Waals surface area (Å²) in [6, 6.07) is 15.7. The predicted octanol–water partition coefficient (Wildman–Crippen LogP) is 3.40. The zero-order valence-electron chi connectivity index (χ0n) is 14.1. The summed E-state index contributed by atoms with van der Waals surface area (Å²) in [5, 5.41) is 15.4. The Kier molecular flexibility index (Phi) is 5.45. The molecule has 25 heavy (non-hydrogen) atoms. The van der Waals surface area contributed by atoms with Crippen LogP contribution in [0, 0.1) is 13.8 Å². The Bertz CT molecular complexity index is 877. The van der Waals surface area contributed by atoms with E-state index in [0.29, 0.717) is 17.3 Å². The Hall–Kier alpha value is -2.67. The lowest BCUT2D eigenvalue weighted by molar-refractivity contribution is -0.115. The van der Waals surface area contributed by atoms with Gasteiger partial charge in [-0.25, -0.2) is 0 Å². The Labute approximate surface area is 150 Å². The lowest BCUT2D eigenvalue weighted by Crippen LogP contribution is -2.12. The van der Waals surface area contributed by atoms with Gasteiger partial charge in [0.15, 0.2) is 0 Å². The van der Waals surface area contributed by atoms with Crippen LogP contribution in [0.1, 0.15) is 17.5 Å². The fraction of sp³-hybridized carbons (Fsp3) is 0.222. The second-order valence-corrected chi connectivity index (χ2v) is 6.79. The van der Waals surface area contributed by atoms with Gasteiger partial charge in [0.1, 0.15) is 0 Å². The highest BCUT2D eigenvalue weighted by atomic mass is 32.2. The van der Waals surface area contributed by atoms with Crippen LogP contribution in [0.25, 0.3) is 5.69 Å². The Morgan fingerprint density at radius 3 is 2.64 bits per heavy atom. The largest absolute Gasteiger partial charge is 0.326 e. The molecule has 1 N–H and O–H groups in total. The minimum atomic E-state index is -0.0207. The first-order chi connectivity index (χ1) is 12.1. The quantitative estimate of drug-likeness (QED) is 0.688. The van der Waals surface area contributed by atoms with Gasteiger partial charge in [0.25, 0.3) is 0 Å². The van der Waals surface area contributed by atoms with Crippen LogP contribution in [0.3, 0.4) is 0 Å². The molecule has 0 saturated carbocycles. The minimum Gasteiger partial charge on any atom is -0.326 e. The molecular formula is C18H19N5OS. The van der Waals surface area contributed by atoms with E-state index in [1.165, 1.54) is 11.8 Å². The number of aromatic nitrogens is 4. The summed E-state index contributed by atoms with van der Waals surface area (Å²) in [5.74, 6) is 0.580. The zero-order chi connectivity index (χ0) is 17.6. The summed E-state index contributed by atoms with van der Waals surface area (Å²) >= 11 is 1.46. The van der Waals surface area contributed by atoms with E-state index in [0.717, 1.165) is 22.5 Å². The molecule has 0 aliphatic heterocycles. The van der Waals surface area contributed by atoms with E-state index in [4.69, 9.17) is 0 Å². The van der Waals surface area contributed by atoms with Crippen molar-refractivity contribution in [1.29, 1.82) is 0 Å². The van der Waals surface area contributed by atoms with Crippen LogP contribution in [0.5, 0.6) is 0 Å². The molecule has 0 unspecified atom stereocenters. The molecular weight excluding hydrogens is 334 g/mol. The van der Waals surface area contributed by atoms with Gasteiger partial charge in [-0.2, -0.15) is 4.68 Å². The van der Waals surface area contributed by atoms with Gasteiger partial charge in [-0.05, 0) is 59.7 Å². The monoisotopic (exact) mass is 353 g/mol. The highest BCUT2D eigenvalue weighted by Gasteiger charge is 2.10. The first kappa shape index (κ1) is 17.2. The minimum absolute atomic E-state index is 0.0207. The number of tetrazole rings is 1. The van der Waals surface area contributed by atoms with Crippen molar-refractivity contribution in [1.82, 2.24) is 20.2 Å². The zero-order valence-corrected chi connectivity index (χ0v) is 15.0. The Morgan fingerprint density at radius 1 is 1.12 bits per heavy atom. The number of nitrogens with one attached hydrogen (secondary N) is 1. The molecule has 2 aromatic carbocycles. The highest BCUT2D eigenvalue weighted by Crippen LogP contribution is 2.20. The van der Waals surface area contributed by atoms with Crippen molar-refractivity contribution < 1.29 is 4.79 Å². The molecule has 1 heterocycles. The molecule has 0 spiro atoms. The molecule has 0 bridgehead atoms. The molecule has 0 atom stereocenters. The molecule has 0 aliphatic carbocycles. The smallest absolute Gasteiger partial charge is 0.225 e. The third kappa shape index (κ3) is 4.67. The van der Waals surface area contributed by atoms with Gasteiger partial charge in [0.2, 0.25) is 11.1 Å². The van der Waals surface area contributed by atoms with E-state index in [1.807, 2.05) is 62.4 Å². The average Bonchev–Trinajstić information content (AvgIpc) is 3.03. The van der Waals surface area contributed by atoms with Gasteiger partial charge in [0.05, 0.1) is 5.69 Å². The highest BCUT2D eigenvalue weighted by molar-refractivity contribution is 7.99.